The van der Waals surface area contributed by atoms with Gasteiger partial charge < -0.3 is 9.47 Å². The minimum atomic E-state index is -3.87. The first-order valence-corrected chi connectivity index (χ1v) is 15.3. The summed E-state index contributed by atoms with van der Waals surface area (Å²) in [5, 5.41) is 1.02. The number of sulfonamides is 1. The number of rotatable bonds is 9. The number of methoxy groups -OCH3 is 1. The minimum Gasteiger partial charge on any atom is -0.497 e. The summed E-state index contributed by atoms with van der Waals surface area (Å²) in [6, 6.07) is 10.9. The van der Waals surface area contributed by atoms with E-state index in [4.69, 9.17) is 26.1 Å². The van der Waals surface area contributed by atoms with Crippen molar-refractivity contribution >= 4 is 54.2 Å². The van der Waals surface area contributed by atoms with E-state index in [9.17, 15) is 13.2 Å². The normalized spacial score (nSPS) is 19.2. The van der Waals surface area contributed by atoms with Crippen LogP contribution in [-0.4, -0.2) is 87.6 Å². The van der Waals surface area contributed by atoms with Crippen LogP contribution in [0.15, 0.2) is 47.4 Å². The molecular weight excluding hydrogens is 548 g/mol. The topological polar surface area (TPSA) is 92.3 Å². The van der Waals surface area contributed by atoms with Crippen LogP contribution in [0.2, 0.25) is 5.02 Å². The fourth-order valence-corrected chi connectivity index (χ4v) is 7.67. The number of morpholine rings is 1. The molecule has 12 heteroatoms. The van der Waals surface area contributed by atoms with Gasteiger partial charge >= 0.3 is 0 Å². The first kappa shape index (κ1) is 27.3. The number of anilines is 1. The Morgan fingerprint density at radius 3 is 2.68 bits per heavy atom. The number of halogens is 1. The fraction of sp³-hybridized carbons (Fsp3) is 0.462. The molecule has 2 saturated heterocycles. The number of benzene rings is 2. The van der Waals surface area contributed by atoms with Gasteiger partial charge in [0.15, 0.2) is 5.13 Å². The van der Waals surface area contributed by atoms with Crippen molar-refractivity contribution < 1.29 is 22.7 Å². The maximum Gasteiger partial charge on any atom is 0.247 e. The summed E-state index contributed by atoms with van der Waals surface area (Å²) in [5.41, 5.74) is 0.743. The Labute approximate surface area is 231 Å². The fourth-order valence-electron chi connectivity index (χ4n) is 4.91. The zero-order valence-corrected chi connectivity index (χ0v) is 23.6. The van der Waals surface area contributed by atoms with Gasteiger partial charge in [-0.1, -0.05) is 22.9 Å². The molecular formula is C26H31ClN4O5S2. The Balaban J connectivity index is 1.42. The third kappa shape index (κ3) is 5.83. The van der Waals surface area contributed by atoms with Crippen LogP contribution in [0.4, 0.5) is 5.13 Å². The molecule has 0 saturated carbocycles. The molecule has 5 rings (SSSR count). The molecule has 2 aliphatic heterocycles. The molecule has 0 N–H and O–H groups in total. The van der Waals surface area contributed by atoms with E-state index in [0.29, 0.717) is 55.0 Å². The summed E-state index contributed by atoms with van der Waals surface area (Å²) in [5.74, 6) is 0.448. The van der Waals surface area contributed by atoms with Crippen LogP contribution in [-0.2, 0) is 19.6 Å². The van der Waals surface area contributed by atoms with E-state index >= 15 is 0 Å². The van der Waals surface area contributed by atoms with Crippen LogP contribution in [0.3, 0.4) is 0 Å². The maximum absolute atomic E-state index is 14.1. The van der Waals surface area contributed by atoms with E-state index in [1.54, 1.807) is 24.1 Å². The molecule has 3 heterocycles. The highest BCUT2D eigenvalue weighted by Crippen LogP contribution is 2.34. The zero-order chi connectivity index (χ0) is 26.7. The number of hydrogen-bond acceptors (Lipinski definition) is 8. The van der Waals surface area contributed by atoms with Crippen molar-refractivity contribution in [1.82, 2.24) is 14.2 Å². The Bertz CT molecular complexity index is 1380. The summed E-state index contributed by atoms with van der Waals surface area (Å²) in [4.78, 5) is 23.0. The molecule has 1 unspecified atom stereocenters. The maximum atomic E-state index is 14.1. The molecule has 9 nitrogen and oxygen atoms in total. The number of carbonyl (C=O) groups is 1. The van der Waals surface area contributed by atoms with E-state index in [0.717, 1.165) is 36.3 Å². The number of aromatic nitrogens is 1. The van der Waals surface area contributed by atoms with Crippen molar-refractivity contribution in [3.63, 3.8) is 0 Å². The summed E-state index contributed by atoms with van der Waals surface area (Å²) in [6.07, 6.45) is 1.81. The largest absolute Gasteiger partial charge is 0.497 e. The molecule has 2 fully saturated rings. The molecule has 0 aliphatic carbocycles. The number of nitrogens with zero attached hydrogens (tertiary/aromatic N) is 4. The van der Waals surface area contributed by atoms with E-state index in [1.807, 2.05) is 18.2 Å². The second-order valence-electron chi connectivity index (χ2n) is 9.36. The molecule has 1 aromatic heterocycles. The summed E-state index contributed by atoms with van der Waals surface area (Å²) < 4.78 is 40.1. The van der Waals surface area contributed by atoms with Gasteiger partial charge in [-0.05, 0) is 55.7 Å². The predicted octanol–water partition coefficient (Wildman–Crippen LogP) is 3.87. The zero-order valence-electron chi connectivity index (χ0n) is 21.2. The second kappa shape index (κ2) is 11.8. The SMILES string of the molecule is COc1ccc2sc(N(CCCN3CCOCC3)C(=O)C3CCCN3S(=O)(=O)c3ccc(Cl)cc3)nc2c1. The van der Waals surface area contributed by atoms with E-state index in [2.05, 4.69) is 4.90 Å². The van der Waals surface area contributed by atoms with Crippen LogP contribution in [0, 0.1) is 0 Å². The number of amides is 1. The average molecular weight is 579 g/mol. The van der Waals surface area contributed by atoms with E-state index < -0.39 is 16.1 Å². The number of ether oxygens (including phenoxy) is 2. The second-order valence-corrected chi connectivity index (χ2v) is 12.7. The average Bonchev–Trinajstić information content (AvgIpc) is 3.59. The molecule has 204 valence electrons. The van der Waals surface area contributed by atoms with Gasteiger partial charge in [0.25, 0.3) is 0 Å². The molecule has 1 atom stereocenters. The molecule has 3 aromatic rings. The van der Waals surface area contributed by atoms with Crippen molar-refractivity contribution in [3.8, 4) is 5.75 Å². The lowest BCUT2D eigenvalue weighted by Crippen LogP contribution is -2.48. The first-order valence-electron chi connectivity index (χ1n) is 12.7. The summed E-state index contributed by atoms with van der Waals surface area (Å²) >= 11 is 7.40. The quantitative estimate of drug-likeness (QED) is 0.381. The molecule has 0 radical (unpaired) electrons. The lowest BCUT2D eigenvalue weighted by Gasteiger charge is -2.30. The predicted molar refractivity (Wildman–Crippen MR) is 149 cm³/mol. The molecule has 0 bridgehead atoms. The van der Waals surface area contributed by atoms with Crippen LogP contribution < -0.4 is 9.64 Å². The number of hydrogen-bond donors (Lipinski definition) is 0. The van der Waals surface area contributed by atoms with Gasteiger partial charge in [0, 0.05) is 43.8 Å². The van der Waals surface area contributed by atoms with Gasteiger partial charge in [0.1, 0.15) is 11.8 Å². The van der Waals surface area contributed by atoms with E-state index in [1.165, 1.54) is 27.8 Å². The highest BCUT2D eigenvalue weighted by Gasteiger charge is 2.42. The van der Waals surface area contributed by atoms with Crippen molar-refractivity contribution in [2.24, 2.45) is 0 Å². The Hall–Kier alpha value is -2.28. The Kier molecular flexibility index (Phi) is 8.51. The Morgan fingerprint density at radius 2 is 1.95 bits per heavy atom. The van der Waals surface area contributed by atoms with Crippen LogP contribution >= 0.6 is 22.9 Å². The van der Waals surface area contributed by atoms with Gasteiger partial charge in [-0.2, -0.15) is 4.31 Å². The number of carbonyl (C=O) groups excluding carboxylic acids is 1. The summed E-state index contributed by atoms with van der Waals surface area (Å²) in [7, 11) is -2.26. The third-order valence-corrected chi connectivity index (χ3v) is 10.2. The molecule has 38 heavy (non-hydrogen) atoms. The standard InChI is InChI=1S/C26H31ClN4O5S2/c1-35-20-7-10-24-22(18-20)28-26(37-24)30(12-3-11-29-14-16-36-17-15-29)25(32)23-4-2-13-31(23)38(33,34)21-8-5-19(27)6-9-21/h5-10,18,23H,2-4,11-17H2,1H3. The van der Waals surface area contributed by atoms with Gasteiger partial charge in [-0.3, -0.25) is 14.6 Å². The number of thiazole rings is 1. The molecule has 0 spiro atoms. The molecule has 1 amide bonds. The van der Waals surface area contributed by atoms with Gasteiger partial charge in [0.05, 0.1) is 35.4 Å². The van der Waals surface area contributed by atoms with Crippen molar-refractivity contribution in [3.05, 3.63) is 47.5 Å². The van der Waals surface area contributed by atoms with Crippen molar-refractivity contribution in [2.45, 2.75) is 30.2 Å². The molecule has 2 aliphatic rings. The smallest absolute Gasteiger partial charge is 0.247 e. The summed E-state index contributed by atoms with van der Waals surface area (Å²) in [6.45, 7) is 4.71. The minimum absolute atomic E-state index is 0.132. The van der Waals surface area contributed by atoms with Crippen LogP contribution in [0.5, 0.6) is 5.75 Å². The van der Waals surface area contributed by atoms with Crippen LogP contribution in [0.25, 0.3) is 10.2 Å². The number of fused-ring (bicyclic) bond motifs is 1. The van der Waals surface area contributed by atoms with E-state index in [-0.39, 0.29) is 10.8 Å². The highest BCUT2D eigenvalue weighted by atomic mass is 35.5. The van der Waals surface area contributed by atoms with Crippen molar-refractivity contribution in [2.75, 3.05) is 57.9 Å². The van der Waals surface area contributed by atoms with Gasteiger partial charge in [-0.15, -0.1) is 0 Å². The Morgan fingerprint density at radius 1 is 1.18 bits per heavy atom. The molecule has 2 aromatic carbocycles. The lowest BCUT2D eigenvalue weighted by molar-refractivity contribution is -0.121. The first-order chi connectivity index (χ1) is 18.4. The lowest BCUT2D eigenvalue weighted by atomic mass is 10.2. The van der Waals surface area contributed by atoms with Crippen molar-refractivity contribution in [1.29, 1.82) is 0 Å². The monoisotopic (exact) mass is 578 g/mol. The highest BCUT2D eigenvalue weighted by molar-refractivity contribution is 7.89. The van der Waals surface area contributed by atoms with Gasteiger partial charge in [0.2, 0.25) is 15.9 Å². The van der Waals surface area contributed by atoms with Gasteiger partial charge in [-0.25, -0.2) is 13.4 Å². The third-order valence-electron chi connectivity index (χ3n) is 6.95. The van der Waals surface area contributed by atoms with Crippen LogP contribution in [0.1, 0.15) is 19.3 Å².